The highest BCUT2D eigenvalue weighted by molar-refractivity contribution is 5.45. The summed E-state index contributed by atoms with van der Waals surface area (Å²) in [5, 5.41) is 39.4. The van der Waals surface area contributed by atoms with Crippen molar-refractivity contribution in [1.29, 1.82) is 0 Å². The lowest BCUT2D eigenvalue weighted by molar-refractivity contribution is -0.277. The molecule has 29 heavy (non-hydrogen) atoms. The quantitative estimate of drug-likeness (QED) is 0.524. The standard InChI is InChI=1S/C21H26O8/c1-26-15-8-7-12(10-16(15)27-2)9-13-5-3-4-6-14(13)28-21-20(25)19(24)18(23)17(11-22)29-21/h3-8,10,17-25H,9,11H2,1-2H3/t17-,18-,19+,20-,21-/m1/s1. The van der Waals surface area contributed by atoms with Crippen LogP contribution in [0.25, 0.3) is 0 Å². The number of hydrogen-bond donors (Lipinski definition) is 4. The Kier molecular flexibility index (Phi) is 6.94. The third kappa shape index (κ3) is 4.63. The van der Waals surface area contributed by atoms with E-state index in [0.29, 0.717) is 23.7 Å². The lowest BCUT2D eigenvalue weighted by atomic mass is 9.99. The lowest BCUT2D eigenvalue weighted by Gasteiger charge is -2.39. The van der Waals surface area contributed by atoms with Crippen LogP contribution in [0.1, 0.15) is 11.1 Å². The minimum Gasteiger partial charge on any atom is -0.493 e. The zero-order chi connectivity index (χ0) is 21.0. The second-order valence-electron chi connectivity index (χ2n) is 6.79. The number of para-hydroxylation sites is 1. The highest BCUT2D eigenvalue weighted by Crippen LogP contribution is 2.31. The van der Waals surface area contributed by atoms with E-state index < -0.39 is 37.3 Å². The van der Waals surface area contributed by atoms with Gasteiger partial charge in [0.15, 0.2) is 11.5 Å². The average molecular weight is 406 g/mol. The first-order valence-corrected chi connectivity index (χ1v) is 9.24. The summed E-state index contributed by atoms with van der Waals surface area (Å²) < 4.78 is 21.9. The van der Waals surface area contributed by atoms with E-state index in [2.05, 4.69) is 0 Å². The minimum absolute atomic E-state index is 0.451. The summed E-state index contributed by atoms with van der Waals surface area (Å²) in [7, 11) is 3.14. The molecule has 8 heteroatoms. The molecule has 0 saturated carbocycles. The van der Waals surface area contributed by atoms with E-state index in [0.717, 1.165) is 11.1 Å². The van der Waals surface area contributed by atoms with Crippen molar-refractivity contribution in [2.75, 3.05) is 20.8 Å². The van der Waals surface area contributed by atoms with E-state index >= 15 is 0 Å². The Hall–Kier alpha value is -2.36. The van der Waals surface area contributed by atoms with E-state index in [1.807, 2.05) is 30.3 Å². The molecule has 8 nitrogen and oxygen atoms in total. The van der Waals surface area contributed by atoms with Crippen molar-refractivity contribution in [2.45, 2.75) is 37.1 Å². The zero-order valence-corrected chi connectivity index (χ0v) is 16.3. The number of ether oxygens (including phenoxy) is 4. The van der Waals surface area contributed by atoms with Crippen LogP contribution in [0.5, 0.6) is 17.2 Å². The van der Waals surface area contributed by atoms with Crippen molar-refractivity contribution >= 4 is 0 Å². The first-order valence-electron chi connectivity index (χ1n) is 9.24. The van der Waals surface area contributed by atoms with Crippen LogP contribution < -0.4 is 14.2 Å². The third-order valence-corrected chi connectivity index (χ3v) is 4.91. The molecule has 1 saturated heterocycles. The van der Waals surface area contributed by atoms with Gasteiger partial charge in [0, 0.05) is 6.42 Å². The smallest absolute Gasteiger partial charge is 0.229 e. The molecule has 2 aromatic carbocycles. The van der Waals surface area contributed by atoms with Gasteiger partial charge >= 0.3 is 0 Å². The number of methoxy groups -OCH3 is 2. The molecule has 0 aromatic heterocycles. The first-order chi connectivity index (χ1) is 14.0. The molecular formula is C21H26O8. The van der Waals surface area contributed by atoms with Gasteiger partial charge in [-0.15, -0.1) is 0 Å². The number of aliphatic hydroxyl groups excluding tert-OH is 4. The van der Waals surface area contributed by atoms with Crippen molar-refractivity contribution in [3.8, 4) is 17.2 Å². The molecule has 0 radical (unpaired) electrons. The second kappa shape index (κ2) is 9.43. The summed E-state index contributed by atoms with van der Waals surface area (Å²) in [5.74, 6) is 1.69. The molecule has 1 aliphatic heterocycles. The van der Waals surface area contributed by atoms with Gasteiger partial charge in [-0.1, -0.05) is 24.3 Å². The number of benzene rings is 2. The predicted octanol–water partition coefficient (Wildman–Crippen LogP) is 0.473. The summed E-state index contributed by atoms with van der Waals surface area (Å²) in [6.07, 6.45) is -6.16. The Morgan fingerprint density at radius 2 is 1.59 bits per heavy atom. The molecule has 1 fully saturated rings. The average Bonchev–Trinajstić information content (AvgIpc) is 2.75. The predicted molar refractivity (Wildman–Crippen MR) is 103 cm³/mol. The molecule has 0 unspecified atom stereocenters. The second-order valence-corrected chi connectivity index (χ2v) is 6.79. The fraction of sp³-hybridized carbons (Fsp3) is 0.429. The van der Waals surface area contributed by atoms with Crippen LogP contribution in [-0.4, -0.2) is 72.0 Å². The molecular weight excluding hydrogens is 380 g/mol. The van der Waals surface area contributed by atoms with E-state index in [1.54, 1.807) is 26.4 Å². The SMILES string of the molecule is COc1ccc(Cc2ccccc2O[C@@H]2O[C@H](CO)[C@@H](O)[C@H](O)[C@H]2O)cc1OC. The van der Waals surface area contributed by atoms with Gasteiger partial charge in [0.1, 0.15) is 30.2 Å². The Labute approximate surface area is 168 Å². The van der Waals surface area contributed by atoms with Crippen LogP contribution >= 0.6 is 0 Å². The highest BCUT2D eigenvalue weighted by Gasteiger charge is 2.44. The van der Waals surface area contributed by atoms with Crippen molar-refractivity contribution in [1.82, 2.24) is 0 Å². The Bertz CT molecular complexity index is 809. The van der Waals surface area contributed by atoms with E-state index in [-0.39, 0.29) is 0 Å². The fourth-order valence-electron chi connectivity index (χ4n) is 3.27. The van der Waals surface area contributed by atoms with Crippen LogP contribution in [0.15, 0.2) is 42.5 Å². The molecule has 0 aliphatic carbocycles. The summed E-state index contributed by atoms with van der Waals surface area (Å²) in [6.45, 7) is -0.516. The largest absolute Gasteiger partial charge is 0.493 e. The number of aliphatic hydroxyl groups is 4. The first kappa shape index (κ1) is 21.4. The third-order valence-electron chi connectivity index (χ3n) is 4.91. The molecule has 0 amide bonds. The van der Waals surface area contributed by atoms with Gasteiger partial charge < -0.3 is 39.4 Å². The Morgan fingerprint density at radius 3 is 2.28 bits per heavy atom. The van der Waals surface area contributed by atoms with Crippen LogP contribution in [-0.2, 0) is 11.2 Å². The fourth-order valence-corrected chi connectivity index (χ4v) is 3.27. The maximum atomic E-state index is 10.2. The van der Waals surface area contributed by atoms with Gasteiger partial charge in [-0.3, -0.25) is 0 Å². The van der Waals surface area contributed by atoms with Crippen molar-refractivity contribution in [3.63, 3.8) is 0 Å². The van der Waals surface area contributed by atoms with Crippen molar-refractivity contribution in [3.05, 3.63) is 53.6 Å². The van der Waals surface area contributed by atoms with E-state index in [4.69, 9.17) is 18.9 Å². The molecule has 0 bridgehead atoms. The van der Waals surface area contributed by atoms with Gasteiger partial charge in [0.05, 0.1) is 20.8 Å². The van der Waals surface area contributed by atoms with E-state index in [1.165, 1.54) is 0 Å². The molecule has 1 heterocycles. The molecule has 158 valence electrons. The van der Waals surface area contributed by atoms with Gasteiger partial charge in [-0.2, -0.15) is 0 Å². The zero-order valence-electron chi connectivity index (χ0n) is 16.3. The summed E-state index contributed by atoms with van der Waals surface area (Å²) in [5.41, 5.74) is 1.77. The van der Waals surface area contributed by atoms with Gasteiger partial charge in [0.2, 0.25) is 6.29 Å². The Balaban J connectivity index is 1.81. The van der Waals surface area contributed by atoms with Gasteiger partial charge in [-0.25, -0.2) is 0 Å². The highest BCUT2D eigenvalue weighted by atomic mass is 16.7. The minimum atomic E-state index is -1.50. The van der Waals surface area contributed by atoms with Crippen molar-refractivity contribution < 1.29 is 39.4 Å². The number of rotatable bonds is 7. The summed E-state index contributed by atoms with van der Waals surface area (Å²) in [6, 6.07) is 12.8. The lowest BCUT2D eigenvalue weighted by Crippen LogP contribution is -2.60. The van der Waals surface area contributed by atoms with Crippen molar-refractivity contribution in [2.24, 2.45) is 0 Å². The Morgan fingerprint density at radius 1 is 0.862 bits per heavy atom. The summed E-state index contributed by atoms with van der Waals surface area (Å²) >= 11 is 0. The molecule has 4 N–H and O–H groups in total. The number of hydrogen-bond acceptors (Lipinski definition) is 8. The van der Waals surface area contributed by atoms with E-state index in [9.17, 15) is 20.4 Å². The topological polar surface area (TPSA) is 118 Å². The van der Waals surface area contributed by atoms with Crippen LogP contribution in [0, 0.1) is 0 Å². The molecule has 5 atom stereocenters. The van der Waals surface area contributed by atoms with Gasteiger partial charge in [0.25, 0.3) is 0 Å². The summed E-state index contributed by atoms with van der Waals surface area (Å²) in [4.78, 5) is 0. The van der Waals surface area contributed by atoms with Crippen LogP contribution in [0.3, 0.4) is 0 Å². The monoisotopic (exact) mass is 406 g/mol. The van der Waals surface area contributed by atoms with Gasteiger partial charge in [-0.05, 0) is 29.3 Å². The molecule has 1 aliphatic rings. The van der Waals surface area contributed by atoms with Crippen LogP contribution in [0.2, 0.25) is 0 Å². The molecule has 3 rings (SSSR count). The van der Waals surface area contributed by atoms with Crippen LogP contribution in [0.4, 0.5) is 0 Å². The molecule has 0 spiro atoms. The maximum Gasteiger partial charge on any atom is 0.229 e. The normalized spacial score (nSPS) is 26.8. The molecule has 2 aromatic rings. The maximum absolute atomic E-state index is 10.2.